The number of benzene rings is 1. The highest BCUT2D eigenvalue weighted by atomic mass is 32.2. The maximum Gasteiger partial charge on any atom is 0.241 e. The molecule has 0 unspecified atom stereocenters. The zero-order valence-corrected chi connectivity index (χ0v) is 12.2. The Kier molecular flexibility index (Phi) is 4.22. The number of hydrogen-bond acceptors (Lipinski definition) is 5. The maximum absolute atomic E-state index is 12.1. The van der Waals surface area contributed by atoms with Gasteiger partial charge in [-0.2, -0.15) is 0 Å². The average molecular weight is 295 g/mol. The van der Waals surface area contributed by atoms with Crippen molar-refractivity contribution in [1.29, 1.82) is 0 Å². The van der Waals surface area contributed by atoms with Crippen molar-refractivity contribution in [1.82, 2.24) is 9.71 Å². The van der Waals surface area contributed by atoms with Gasteiger partial charge in [-0.1, -0.05) is 12.1 Å². The Balaban J connectivity index is 2.10. The van der Waals surface area contributed by atoms with Crippen LogP contribution in [0.15, 0.2) is 33.6 Å². The lowest BCUT2D eigenvalue weighted by atomic mass is 10.2. The lowest BCUT2D eigenvalue weighted by molar-refractivity contribution is 0.463. The molecule has 0 saturated heterocycles. The van der Waals surface area contributed by atoms with Gasteiger partial charge in [-0.05, 0) is 31.5 Å². The number of aromatic nitrogens is 1. The Hall–Kier alpha value is -1.70. The summed E-state index contributed by atoms with van der Waals surface area (Å²) in [5, 5.41) is 0. The van der Waals surface area contributed by atoms with E-state index in [1.54, 1.807) is 19.1 Å². The van der Waals surface area contributed by atoms with Gasteiger partial charge in [0.1, 0.15) is 5.76 Å². The van der Waals surface area contributed by atoms with Crippen LogP contribution in [0.2, 0.25) is 0 Å². The molecule has 20 heavy (non-hydrogen) atoms. The predicted octanol–water partition coefficient (Wildman–Crippen LogP) is 1.23. The smallest absolute Gasteiger partial charge is 0.241 e. The fourth-order valence-corrected chi connectivity index (χ4v) is 2.63. The maximum atomic E-state index is 12.1. The average Bonchev–Trinajstić information content (AvgIpc) is 2.76. The van der Waals surface area contributed by atoms with Gasteiger partial charge in [0.25, 0.3) is 0 Å². The fraction of sp³-hybridized carbons (Fsp3) is 0.308. The zero-order valence-electron chi connectivity index (χ0n) is 11.4. The van der Waals surface area contributed by atoms with Gasteiger partial charge < -0.3 is 10.2 Å². The summed E-state index contributed by atoms with van der Waals surface area (Å²) in [5.41, 5.74) is 7.11. The van der Waals surface area contributed by atoms with Gasteiger partial charge in [0.15, 0.2) is 0 Å². The molecule has 0 amide bonds. The summed E-state index contributed by atoms with van der Waals surface area (Å²) in [6, 6.07) is 6.43. The molecule has 0 bridgehead atoms. The normalized spacial score (nSPS) is 11.8. The number of nitrogens with zero attached hydrogens (tertiary/aromatic N) is 1. The molecule has 0 spiro atoms. The molecule has 0 fully saturated rings. The highest BCUT2D eigenvalue weighted by molar-refractivity contribution is 7.89. The van der Waals surface area contributed by atoms with Crippen molar-refractivity contribution in [3.8, 4) is 0 Å². The summed E-state index contributed by atoms with van der Waals surface area (Å²) < 4.78 is 32.0. The topological polar surface area (TPSA) is 98.2 Å². The molecule has 0 radical (unpaired) electrons. The van der Waals surface area contributed by atoms with E-state index in [2.05, 4.69) is 9.71 Å². The Labute approximate surface area is 118 Å². The van der Waals surface area contributed by atoms with Crippen LogP contribution < -0.4 is 10.5 Å². The van der Waals surface area contributed by atoms with Gasteiger partial charge in [-0.3, -0.25) is 0 Å². The van der Waals surface area contributed by atoms with Gasteiger partial charge in [0, 0.05) is 6.54 Å². The summed E-state index contributed by atoms with van der Waals surface area (Å²) in [6.07, 6.45) is 0. The second-order valence-electron chi connectivity index (χ2n) is 4.42. The number of sulfonamides is 1. The minimum atomic E-state index is -3.58. The number of hydrogen-bond donors (Lipinski definition) is 2. The van der Waals surface area contributed by atoms with Crippen LogP contribution in [-0.2, 0) is 23.1 Å². The van der Waals surface area contributed by atoms with Crippen LogP contribution in [0.4, 0.5) is 0 Å². The minimum Gasteiger partial charge on any atom is -0.444 e. The first-order chi connectivity index (χ1) is 9.42. The molecule has 0 atom stereocenters. The zero-order chi connectivity index (χ0) is 14.8. The monoisotopic (exact) mass is 295 g/mol. The van der Waals surface area contributed by atoms with Crippen LogP contribution in [-0.4, -0.2) is 13.4 Å². The lowest BCUT2D eigenvalue weighted by Crippen LogP contribution is -2.23. The highest BCUT2D eigenvalue weighted by Gasteiger charge is 2.15. The molecule has 0 aliphatic carbocycles. The third-order valence-corrected chi connectivity index (χ3v) is 4.37. The van der Waals surface area contributed by atoms with Crippen LogP contribution >= 0.6 is 0 Å². The Morgan fingerprint density at radius 3 is 2.40 bits per heavy atom. The SMILES string of the molecule is Cc1nc(CNS(=O)(=O)c2ccc(CN)cc2)oc1C. The van der Waals surface area contributed by atoms with Crippen LogP contribution in [0, 0.1) is 13.8 Å². The lowest BCUT2D eigenvalue weighted by Gasteiger charge is -2.05. The molecule has 7 heteroatoms. The fourth-order valence-electron chi connectivity index (χ4n) is 1.66. The van der Waals surface area contributed by atoms with E-state index < -0.39 is 10.0 Å². The number of nitrogens with one attached hydrogen (secondary N) is 1. The van der Waals surface area contributed by atoms with E-state index >= 15 is 0 Å². The molecule has 0 aliphatic rings. The first kappa shape index (κ1) is 14.7. The summed E-state index contributed by atoms with van der Waals surface area (Å²) in [4.78, 5) is 4.31. The summed E-state index contributed by atoms with van der Waals surface area (Å²) in [7, 11) is -3.58. The summed E-state index contributed by atoms with van der Waals surface area (Å²) in [6.45, 7) is 3.99. The van der Waals surface area contributed by atoms with E-state index in [1.165, 1.54) is 12.1 Å². The van der Waals surface area contributed by atoms with Gasteiger partial charge in [-0.25, -0.2) is 18.1 Å². The molecular weight excluding hydrogens is 278 g/mol. The van der Waals surface area contributed by atoms with Crippen LogP contribution in [0.1, 0.15) is 22.9 Å². The Morgan fingerprint density at radius 2 is 1.90 bits per heavy atom. The van der Waals surface area contributed by atoms with Gasteiger partial charge in [0.2, 0.25) is 15.9 Å². The van der Waals surface area contributed by atoms with E-state index in [9.17, 15) is 8.42 Å². The van der Waals surface area contributed by atoms with E-state index in [-0.39, 0.29) is 11.4 Å². The van der Waals surface area contributed by atoms with Gasteiger partial charge in [0.05, 0.1) is 17.1 Å². The summed E-state index contributed by atoms with van der Waals surface area (Å²) in [5.74, 6) is 1.04. The molecule has 0 saturated carbocycles. The molecule has 1 aromatic heterocycles. The quantitative estimate of drug-likeness (QED) is 0.864. The Morgan fingerprint density at radius 1 is 1.25 bits per heavy atom. The standard InChI is InChI=1S/C13H17N3O3S/c1-9-10(2)19-13(16-9)8-15-20(17,18)12-5-3-11(7-14)4-6-12/h3-6,15H,7-8,14H2,1-2H3. The highest BCUT2D eigenvalue weighted by Crippen LogP contribution is 2.12. The van der Waals surface area contributed by atoms with E-state index in [0.717, 1.165) is 11.3 Å². The third-order valence-electron chi connectivity index (χ3n) is 2.96. The molecular formula is C13H17N3O3S. The largest absolute Gasteiger partial charge is 0.444 e. The predicted molar refractivity (Wildman–Crippen MR) is 74.3 cm³/mol. The van der Waals surface area contributed by atoms with Crippen molar-refractivity contribution in [2.75, 3.05) is 0 Å². The molecule has 2 rings (SSSR count). The van der Waals surface area contributed by atoms with Crippen molar-refractivity contribution in [3.05, 3.63) is 47.2 Å². The number of nitrogens with two attached hydrogens (primary N) is 1. The molecule has 3 N–H and O–H groups in total. The van der Waals surface area contributed by atoms with E-state index in [1.807, 2.05) is 6.92 Å². The molecule has 108 valence electrons. The van der Waals surface area contributed by atoms with Gasteiger partial charge in [-0.15, -0.1) is 0 Å². The van der Waals surface area contributed by atoms with E-state index in [0.29, 0.717) is 18.2 Å². The van der Waals surface area contributed by atoms with Crippen molar-refractivity contribution >= 4 is 10.0 Å². The van der Waals surface area contributed by atoms with Crippen LogP contribution in [0.3, 0.4) is 0 Å². The number of rotatable bonds is 5. The molecule has 6 nitrogen and oxygen atoms in total. The second kappa shape index (κ2) is 5.74. The Bertz CT molecular complexity index is 671. The minimum absolute atomic E-state index is 0.0235. The van der Waals surface area contributed by atoms with Crippen molar-refractivity contribution in [2.24, 2.45) is 5.73 Å². The molecule has 1 heterocycles. The van der Waals surface area contributed by atoms with E-state index in [4.69, 9.17) is 10.2 Å². The van der Waals surface area contributed by atoms with Crippen molar-refractivity contribution < 1.29 is 12.8 Å². The summed E-state index contributed by atoms with van der Waals surface area (Å²) >= 11 is 0. The van der Waals surface area contributed by atoms with Crippen molar-refractivity contribution in [3.63, 3.8) is 0 Å². The first-order valence-electron chi connectivity index (χ1n) is 6.14. The number of aryl methyl sites for hydroxylation is 2. The van der Waals surface area contributed by atoms with Crippen molar-refractivity contribution in [2.45, 2.75) is 31.8 Å². The number of oxazole rings is 1. The second-order valence-corrected chi connectivity index (χ2v) is 6.19. The first-order valence-corrected chi connectivity index (χ1v) is 7.62. The molecule has 2 aromatic rings. The van der Waals surface area contributed by atoms with Crippen LogP contribution in [0.25, 0.3) is 0 Å². The molecule has 0 aliphatic heterocycles. The van der Waals surface area contributed by atoms with Gasteiger partial charge >= 0.3 is 0 Å². The molecule has 1 aromatic carbocycles. The van der Waals surface area contributed by atoms with Crippen LogP contribution in [0.5, 0.6) is 0 Å². The third kappa shape index (κ3) is 3.24.